The molecule has 0 atom stereocenters. The van der Waals surface area contributed by atoms with Gasteiger partial charge >= 0.3 is 167 Å². The molecule has 0 saturated heterocycles. The van der Waals surface area contributed by atoms with Gasteiger partial charge in [0, 0.05) is 0 Å². The van der Waals surface area contributed by atoms with Gasteiger partial charge in [-0.25, -0.2) is 0 Å². The van der Waals surface area contributed by atoms with Crippen LogP contribution in [0.25, 0.3) is 0 Å². The Bertz CT molecular complexity index is 535. The molecule has 0 radical (unpaired) electrons. The van der Waals surface area contributed by atoms with E-state index in [1.807, 2.05) is 0 Å². The molecule has 280 valence electrons. The summed E-state index contributed by atoms with van der Waals surface area (Å²) < 4.78 is 15.6. The van der Waals surface area contributed by atoms with Crippen molar-refractivity contribution < 1.29 is 259 Å². The van der Waals surface area contributed by atoms with E-state index >= 15 is 0 Å². The Morgan fingerprint density at radius 2 is 0.320 bits per heavy atom. The van der Waals surface area contributed by atoms with Crippen molar-refractivity contribution in [3.05, 3.63) is 0 Å². The minimum Gasteiger partial charge on any atom is -0.862 e. The zero-order valence-corrected chi connectivity index (χ0v) is 35.3. The second kappa shape index (κ2) is 29.9. The first-order valence-electron chi connectivity index (χ1n) is 8.65. The first kappa shape index (κ1) is 78.1. The molecule has 0 aromatic rings. The Hall–Kier alpha value is 3.76. The number of hydrogen-bond donors (Lipinski definition) is 25. The van der Waals surface area contributed by atoms with Gasteiger partial charge in [0.25, 0.3) is 0 Å². The predicted molar refractivity (Wildman–Crippen MR) is 118 cm³/mol. The molecule has 0 heterocycles. The summed E-state index contributed by atoms with van der Waals surface area (Å²) in [4.78, 5) is 245. The van der Waals surface area contributed by atoms with E-state index in [1.54, 1.807) is 0 Å². The molecule has 0 aliphatic carbocycles. The van der Waals surface area contributed by atoms with E-state index in [-0.39, 0.29) is 94.3 Å². The molecule has 25 N–H and O–H groups in total. The quantitative estimate of drug-likeness (QED) is 0.0905. The van der Waals surface area contributed by atoms with Crippen LogP contribution in [-0.4, -0.2) is 210 Å². The van der Waals surface area contributed by atoms with Crippen LogP contribution in [0.4, 0.5) is 0 Å². The third kappa shape index (κ3) is 117. The first-order valence-corrected chi connectivity index (χ1v) is 26.0. The van der Waals surface area contributed by atoms with Crippen molar-refractivity contribution in [2.24, 2.45) is 0 Å². The maximum Gasteiger partial charge on any atom is 1.00 e. The van der Waals surface area contributed by atoms with Crippen LogP contribution in [0.1, 0.15) is 0 Å². The van der Waals surface area contributed by atoms with E-state index in [4.69, 9.17) is 120 Å². The molecule has 0 bridgehead atoms. The molecular formula is H25Li5O35Si10. The van der Waals surface area contributed by atoms with Gasteiger partial charge in [-0.2, -0.15) is 0 Å². The monoisotopic (exact) mass is 900 g/mol. The van der Waals surface area contributed by atoms with Gasteiger partial charge in [0.2, 0.25) is 0 Å². The van der Waals surface area contributed by atoms with Crippen molar-refractivity contribution >= 4 is 90.5 Å². The maximum atomic E-state index is 9.47. The second-order valence-corrected chi connectivity index (χ2v) is 21.4. The predicted octanol–water partition coefficient (Wildman–Crippen LogP) is -39.0. The van der Waals surface area contributed by atoms with Crippen molar-refractivity contribution in [3.63, 3.8) is 0 Å². The number of rotatable bonds is 10. The summed E-state index contributed by atoms with van der Waals surface area (Å²) in [5, 5.41) is 0. The average Bonchev–Trinajstić information content (AvgIpc) is 2.36. The molecule has 50 heavy (non-hydrogen) atoms. The Morgan fingerprint density at radius 3 is 0.320 bits per heavy atom. The fourth-order valence-corrected chi connectivity index (χ4v) is 8.04. The summed E-state index contributed by atoms with van der Waals surface area (Å²) in [6.07, 6.45) is 0. The maximum absolute atomic E-state index is 9.47. The zero-order valence-electron chi connectivity index (χ0n) is 25.3. The second-order valence-electron chi connectivity index (χ2n) is 6.13. The van der Waals surface area contributed by atoms with Crippen LogP contribution in [-0.2, 0) is 20.6 Å². The summed E-state index contributed by atoms with van der Waals surface area (Å²) in [7, 11) is -51.4. The van der Waals surface area contributed by atoms with Crippen molar-refractivity contribution in [3.8, 4) is 0 Å². The SMILES string of the molecule is O[Si](O)(O)O[Si](O)(O)O.O[Si](O)(O)O[Si](O)(O)O.O[Si](O)(O)O[Si](O)(O)O.O[Si](O)(O)O[Si](O)(O)O.[Li+].[Li+].[Li+].[Li+].[Li+].[O-][Si]([O-])([O-])O[Si]([O-])([O-])O. The first-order chi connectivity index (χ1) is 18.5. The smallest absolute Gasteiger partial charge is 0.862 e. The van der Waals surface area contributed by atoms with Crippen molar-refractivity contribution in [1.29, 1.82) is 0 Å². The largest absolute Gasteiger partial charge is 1.00 e. The third-order valence-corrected chi connectivity index (χ3v) is 12.1. The molecule has 0 unspecified atom stereocenters. The molecule has 0 saturated carbocycles. The van der Waals surface area contributed by atoms with Gasteiger partial charge in [0.1, 0.15) is 9.05 Å². The Balaban J connectivity index is -0.0000000488. The van der Waals surface area contributed by atoms with Crippen LogP contribution < -0.4 is 118 Å². The summed E-state index contributed by atoms with van der Waals surface area (Å²) >= 11 is 0. The van der Waals surface area contributed by atoms with Crippen LogP contribution in [0.2, 0.25) is 0 Å². The van der Waals surface area contributed by atoms with Crippen LogP contribution in [0.3, 0.4) is 0 Å². The van der Waals surface area contributed by atoms with Crippen molar-refractivity contribution in [1.82, 2.24) is 0 Å². The van der Waals surface area contributed by atoms with Crippen LogP contribution in [0.5, 0.6) is 0 Å². The normalized spacial score (nSPS) is 12.6. The van der Waals surface area contributed by atoms with Crippen LogP contribution in [0, 0.1) is 0 Å². The standard InChI is InChI=1S/5Li.4H6O7Si2.HO7Si2/c;;;;;5*1-8(2,3)7-9(4,5)6/h;;;;;4*1-6H;1H/q5*+1;;;;;-5. The summed E-state index contributed by atoms with van der Waals surface area (Å²) in [5.41, 5.74) is 0. The van der Waals surface area contributed by atoms with Gasteiger partial charge in [-0.05, 0) is 0 Å². The molecule has 50 heteroatoms. The molecule has 0 aliphatic rings. The minimum atomic E-state index is -5.86. The number of hydrogen-bond acceptors (Lipinski definition) is 35. The Labute approximate surface area is 346 Å². The van der Waals surface area contributed by atoms with Gasteiger partial charge < -0.3 is 164 Å². The molecule has 0 fully saturated rings. The van der Waals surface area contributed by atoms with E-state index in [2.05, 4.69) is 20.6 Å². The minimum absolute atomic E-state index is 0. The molecule has 0 aliphatic heterocycles. The average molecular weight is 901 g/mol. The molecule has 0 amide bonds. The van der Waals surface area contributed by atoms with Gasteiger partial charge in [-0.1, -0.05) is 0 Å². The molecule has 0 aromatic heterocycles. The summed E-state index contributed by atoms with van der Waals surface area (Å²) in [5.74, 6) is 0. The van der Waals surface area contributed by atoms with E-state index < -0.39 is 90.5 Å². The Kier molecular flexibility index (Phi) is 46.7. The van der Waals surface area contributed by atoms with Gasteiger partial charge in [-0.15, -0.1) is 9.05 Å². The third-order valence-electron chi connectivity index (χ3n) is 1.35. The van der Waals surface area contributed by atoms with Crippen LogP contribution in [0.15, 0.2) is 0 Å². The topological polar surface area (TPSA) is 667 Å². The fraction of sp³-hybridized carbons (Fsp3) is 0. The van der Waals surface area contributed by atoms with Gasteiger partial charge in [-0.3, -0.25) is 0 Å². The molecule has 0 aromatic carbocycles. The molecule has 0 rings (SSSR count). The van der Waals surface area contributed by atoms with Gasteiger partial charge in [0.05, 0.1) is 0 Å². The molecule has 0 spiro atoms. The Morgan fingerprint density at radius 1 is 0.220 bits per heavy atom. The fourth-order valence-electron chi connectivity index (χ4n) is 0.893. The van der Waals surface area contributed by atoms with E-state index in [0.717, 1.165) is 0 Å². The van der Waals surface area contributed by atoms with Gasteiger partial charge in [0.15, 0.2) is 0 Å². The van der Waals surface area contributed by atoms with E-state index in [0.29, 0.717) is 0 Å². The van der Waals surface area contributed by atoms with Crippen molar-refractivity contribution in [2.75, 3.05) is 0 Å². The molecule has 35 nitrogen and oxygen atoms in total. The van der Waals surface area contributed by atoms with Crippen molar-refractivity contribution in [2.45, 2.75) is 0 Å². The van der Waals surface area contributed by atoms with E-state index in [1.165, 1.54) is 0 Å². The summed E-state index contributed by atoms with van der Waals surface area (Å²) in [6, 6.07) is 0. The summed E-state index contributed by atoms with van der Waals surface area (Å²) in [6.45, 7) is 0. The molecular weight excluding hydrogens is 876 g/mol. The van der Waals surface area contributed by atoms with Crippen LogP contribution >= 0.6 is 0 Å². The van der Waals surface area contributed by atoms with E-state index in [9.17, 15) is 24.0 Å². The zero-order chi connectivity index (χ0) is 38.5.